The number of hydrogen-bond donors (Lipinski definition) is 2. The first kappa shape index (κ1) is 15.0. The summed E-state index contributed by atoms with van der Waals surface area (Å²) < 4.78 is 0. The van der Waals surface area contributed by atoms with Crippen LogP contribution in [0.15, 0.2) is 48.5 Å². The van der Waals surface area contributed by atoms with Gasteiger partial charge in [0.2, 0.25) is 0 Å². The first-order chi connectivity index (χ1) is 11.8. The second-order valence-corrected chi connectivity index (χ2v) is 6.16. The number of amides is 1. The second-order valence-electron chi connectivity index (χ2n) is 5.78. The van der Waals surface area contributed by atoms with E-state index >= 15 is 0 Å². The topological polar surface area (TPSA) is 57.8 Å². The molecule has 0 aliphatic heterocycles. The average Bonchev–Trinajstić information content (AvgIpc) is 3.19. The number of halogens is 1. The second kappa shape index (κ2) is 6.13. The van der Waals surface area contributed by atoms with E-state index in [1.54, 1.807) is 0 Å². The zero-order chi connectivity index (χ0) is 16.5. The first-order valence-corrected chi connectivity index (χ1v) is 8.41. The lowest BCUT2D eigenvalue weighted by atomic mass is 10.0. The molecule has 4 rings (SSSR count). The number of aromatic nitrogens is 2. The zero-order valence-electron chi connectivity index (χ0n) is 13.0. The maximum Gasteiger partial charge on any atom is 0.251 e. The molecule has 0 atom stereocenters. The molecule has 2 N–H and O–H groups in total. The standard InChI is InChI=1S/C19H16ClN3O/c20-9-10-21-19(24)13-7-5-12(6-8-13)17-16-11-14-3-1-2-4-15(14)18(16)23-22-17/h1-8H,9-11H2,(H,21,24)(H,22,23). The van der Waals surface area contributed by atoms with Crippen molar-refractivity contribution in [1.82, 2.24) is 15.5 Å². The van der Waals surface area contributed by atoms with E-state index in [4.69, 9.17) is 11.6 Å². The quantitative estimate of drug-likeness (QED) is 0.559. The minimum absolute atomic E-state index is 0.109. The van der Waals surface area contributed by atoms with Gasteiger partial charge in [0.05, 0.1) is 11.4 Å². The van der Waals surface area contributed by atoms with E-state index in [0.717, 1.165) is 23.4 Å². The highest BCUT2D eigenvalue weighted by molar-refractivity contribution is 6.18. The van der Waals surface area contributed by atoms with Gasteiger partial charge in [0.25, 0.3) is 5.91 Å². The molecule has 0 saturated heterocycles. The van der Waals surface area contributed by atoms with Crippen LogP contribution in [-0.4, -0.2) is 28.5 Å². The monoisotopic (exact) mass is 337 g/mol. The predicted octanol–water partition coefficient (Wildman–Crippen LogP) is 3.62. The summed E-state index contributed by atoms with van der Waals surface area (Å²) in [5.74, 6) is 0.297. The molecule has 0 radical (unpaired) electrons. The van der Waals surface area contributed by atoms with Crippen LogP contribution in [0.1, 0.15) is 21.5 Å². The number of hydrogen-bond acceptors (Lipinski definition) is 2. The van der Waals surface area contributed by atoms with Gasteiger partial charge in [-0.05, 0) is 17.7 Å². The highest BCUT2D eigenvalue weighted by Crippen LogP contribution is 2.39. The van der Waals surface area contributed by atoms with Crippen LogP contribution in [0.3, 0.4) is 0 Å². The van der Waals surface area contributed by atoms with Crippen LogP contribution in [0.25, 0.3) is 22.5 Å². The third-order valence-corrected chi connectivity index (χ3v) is 4.51. The average molecular weight is 338 g/mol. The van der Waals surface area contributed by atoms with E-state index in [-0.39, 0.29) is 5.91 Å². The van der Waals surface area contributed by atoms with Crippen molar-refractivity contribution in [3.63, 3.8) is 0 Å². The fourth-order valence-electron chi connectivity index (χ4n) is 3.15. The molecule has 1 heterocycles. The van der Waals surface area contributed by atoms with Crippen molar-refractivity contribution >= 4 is 17.5 Å². The third-order valence-electron chi connectivity index (χ3n) is 4.32. The Morgan fingerprint density at radius 1 is 1.17 bits per heavy atom. The summed E-state index contributed by atoms with van der Waals surface area (Å²) in [5, 5.41) is 10.4. The van der Waals surface area contributed by atoms with Crippen LogP contribution < -0.4 is 5.32 Å². The van der Waals surface area contributed by atoms with Crippen LogP contribution >= 0.6 is 11.6 Å². The van der Waals surface area contributed by atoms with Crippen molar-refractivity contribution in [2.75, 3.05) is 12.4 Å². The van der Waals surface area contributed by atoms with Gasteiger partial charge >= 0.3 is 0 Å². The van der Waals surface area contributed by atoms with E-state index in [2.05, 4.69) is 33.7 Å². The summed E-state index contributed by atoms with van der Waals surface area (Å²) in [7, 11) is 0. The van der Waals surface area contributed by atoms with Gasteiger partial charge in [0, 0.05) is 41.1 Å². The van der Waals surface area contributed by atoms with E-state index in [1.165, 1.54) is 16.7 Å². The Morgan fingerprint density at radius 3 is 2.75 bits per heavy atom. The smallest absolute Gasteiger partial charge is 0.251 e. The first-order valence-electron chi connectivity index (χ1n) is 7.88. The summed E-state index contributed by atoms with van der Waals surface area (Å²) in [4.78, 5) is 11.9. The van der Waals surface area contributed by atoms with E-state index in [1.807, 2.05) is 30.3 Å². The minimum atomic E-state index is -0.109. The Balaban J connectivity index is 1.62. The molecule has 0 spiro atoms. The Hall–Kier alpha value is -2.59. The SMILES string of the molecule is O=C(NCCCl)c1ccc(-c2n[nH]c3c2Cc2ccccc2-3)cc1. The van der Waals surface area contributed by atoms with E-state index < -0.39 is 0 Å². The van der Waals surface area contributed by atoms with Crippen LogP contribution in [0, 0.1) is 0 Å². The fraction of sp³-hybridized carbons (Fsp3) is 0.158. The van der Waals surface area contributed by atoms with Crippen molar-refractivity contribution in [1.29, 1.82) is 0 Å². The number of carbonyl (C=O) groups excluding carboxylic acids is 1. The van der Waals surface area contributed by atoms with Gasteiger partial charge in [-0.3, -0.25) is 9.89 Å². The molecule has 3 aromatic rings. The molecular formula is C19H16ClN3O. The summed E-state index contributed by atoms with van der Waals surface area (Å²) in [6.45, 7) is 0.466. The number of aromatic amines is 1. The summed E-state index contributed by atoms with van der Waals surface area (Å²) in [6, 6.07) is 15.9. The summed E-state index contributed by atoms with van der Waals surface area (Å²) in [6.07, 6.45) is 0.884. The molecule has 0 saturated carbocycles. The minimum Gasteiger partial charge on any atom is -0.351 e. The molecule has 2 aromatic carbocycles. The summed E-state index contributed by atoms with van der Waals surface area (Å²) >= 11 is 5.59. The van der Waals surface area contributed by atoms with Crippen molar-refractivity contribution in [2.45, 2.75) is 6.42 Å². The van der Waals surface area contributed by atoms with Gasteiger partial charge in [-0.1, -0.05) is 36.4 Å². The highest BCUT2D eigenvalue weighted by atomic mass is 35.5. The van der Waals surface area contributed by atoms with E-state index in [9.17, 15) is 4.79 Å². The lowest BCUT2D eigenvalue weighted by molar-refractivity contribution is 0.0956. The Bertz CT molecular complexity index is 899. The number of benzene rings is 2. The van der Waals surface area contributed by atoms with Crippen LogP contribution in [0.2, 0.25) is 0 Å². The largest absolute Gasteiger partial charge is 0.351 e. The summed E-state index contributed by atoms with van der Waals surface area (Å²) in [5.41, 5.74) is 7.45. The van der Waals surface area contributed by atoms with Crippen molar-refractivity contribution in [3.8, 4) is 22.5 Å². The fourth-order valence-corrected chi connectivity index (χ4v) is 3.24. The number of H-pyrrole nitrogens is 1. The number of nitrogens with one attached hydrogen (secondary N) is 2. The number of nitrogens with zero attached hydrogens (tertiary/aromatic N) is 1. The number of carbonyl (C=O) groups is 1. The van der Waals surface area contributed by atoms with Gasteiger partial charge in [-0.25, -0.2) is 0 Å². The number of rotatable bonds is 4. The Labute approximate surface area is 144 Å². The molecule has 4 nitrogen and oxygen atoms in total. The molecule has 0 fully saturated rings. The van der Waals surface area contributed by atoms with Gasteiger partial charge in [0.15, 0.2) is 0 Å². The maximum atomic E-state index is 11.9. The predicted molar refractivity (Wildman–Crippen MR) is 95.3 cm³/mol. The zero-order valence-corrected chi connectivity index (χ0v) is 13.7. The molecular weight excluding hydrogens is 322 g/mol. The van der Waals surface area contributed by atoms with Crippen LogP contribution in [0.5, 0.6) is 0 Å². The number of fused-ring (bicyclic) bond motifs is 3. The molecule has 24 heavy (non-hydrogen) atoms. The normalized spacial score (nSPS) is 11.9. The highest BCUT2D eigenvalue weighted by Gasteiger charge is 2.24. The molecule has 0 bridgehead atoms. The van der Waals surface area contributed by atoms with Crippen LogP contribution in [0.4, 0.5) is 0 Å². The molecule has 1 aliphatic rings. The van der Waals surface area contributed by atoms with Crippen molar-refractivity contribution < 1.29 is 4.79 Å². The van der Waals surface area contributed by atoms with Gasteiger partial charge in [0.1, 0.15) is 0 Å². The molecule has 5 heteroatoms. The third kappa shape index (κ3) is 2.49. The maximum absolute atomic E-state index is 11.9. The Morgan fingerprint density at radius 2 is 1.96 bits per heavy atom. The van der Waals surface area contributed by atoms with E-state index in [0.29, 0.717) is 18.0 Å². The van der Waals surface area contributed by atoms with Crippen molar-refractivity contribution in [2.24, 2.45) is 0 Å². The lowest BCUT2D eigenvalue weighted by Crippen LogP contribution is -2.25. The molecule has 1 aliphatic carbocycles. The molecule has 1 aromatic heterocycles. The van der Waals surface area contributed by atoms with Crippen LogP contribution in [-0.2, 0) is 6.42 Å². The lowest BCUT2D eigenvalue weighted by Gasteiger charge is -2.05. The number of alkyl halides is 1. The molecule has 0 unspecified atom stereocenters. The van der Waals surface area contributed by atoms with Crippen molar-refractivity contribution in [3.05, 3.63) is 65.2 Å². The molecule has 120 valence electrons. The Kier molecular flexibility index (Phi) is 3.82. The molecule has 1 amide bonds. The van der Waals surface area contributed by atoms with Gasteiger partial charge in [-0.15, -0.1) is 11.6 Å². The van der Waals surface area contributed by atoms with Gasteiger partial charge < -0.3 is 5.32 Å². The van der Waals surface area contributed by atoms with Gasteiger partial charge in [-0.2, -0.15) is 5.10 Å².